The molecule has 8 heteroatoms. The molecule has 2 aromatic rings. The van der Waals surface area contributed by atoms with Crippen LogP contribution < -0.4 is 15.4 Å². The Balaban J connectivity index is 0.00000480. The zero-order valence-electron chi connectivity index (χ0n) is 19.1. The van der Waals surface area contributed by atoms with Crippen LogP contribution in [-0.4, -0.2) is 55.3 Å². The Kier molecular flexibility index (Phi) is 12.6. The van der Waals surface area contributed by atoms with Crippen LogP contribution >= 0.6 is 24.0 Å². The fourth-order valence-electron chi connectivity index (χ4n) is 3.03. The van der Waals surface area contributed by atoms with E-state index in [-0.39, 0.29) is 30.5 Å². The van der Waals surface area contributed by atoms with E-state index >= 15 is 0 Å². The van der Waals surface area contributed by atoms with Crippen LogP contribution in [0, 0.1) is 0 Å². The number of hydrogen-bond donors (Lipinski definition) is 3. The van der Waals surface area contributed by atoms with E-state index < -0.39 is 5.60 Å². The number of halogens is 1. The SMILES string of the molecule is CCNC(=NCc1ccccc1OCCN(CC)CC)NCC(C)(O)c1ccco1.I. The second kappa shape index (κ2) is 14.3. The zero-order valence-corrected chi connectivity index (χ0v) is 21.4. The number of nitrogens with one attached hydrogen (secondary N) is 2. The van der Waals surface area contributed by atoms with Gasteiger partial charge in [0, 0.05) is 18.7 Å². The number of likely N-dealkylation sites (N-methyl/N-ethyl adjacent to an activating group) is 1. The first kappa shape index (κ1) is 27.3. The standard InChI is InChI=1S/C23H36N4O3.HI/c1-5-24-22(26-18-23(4,28)21-13-10-15-30-21)25-17-19-11-8-9-12-20(19)29-16-14-27(6-2)7-3;/h8-13,15,28H,5-7,14,16-18H2,1-4H3,(H2,24,25,26);1H. The summed E-state index contributed by atoms with van der Waals surface area (Å²) < 4.78 is 11.4. The van der Waals surface area contributed by atoms with E-state index in [1.54, 1.807) is 25.3 Å². The van der Waals surface area contributed by atoms with Gasteiger partial charge in [0.2, 0.25) is 0 Å². The number of ether oxygens (including phenoxy) is 1. The number of furan rings is 1. The molecule has 0 aliphatic rings. The lowest BCUT2D eigenvalue weighted by atomic mass is 10.0. The van der Waals surface area contributed by atoms with E-state index in [2.05, 4.69) is 34.4 Å². The lowest BCUT2D eigenvalue weighted by molar-refractivity contribution is 0.0386. The highest BCUT2D eigenvalue weighted by Crippen LogP contribution is 2.20. The third-order valence-corrected chi connectivity index (χ3v) is 4.94. The minimum absolute atomic E-state index is 0. The van der Waals surface area contributed by atoms with Crippen LogP contribution in [-0.2, 0) is 12.1 Å². The fourth-order valence-corrected chi connectivity index (χ4v) is 3.03. The number of aliphatic imine (C=N–C) groups is 1. The Hall–Kier alpha value is -1.78. The maximum absolute atomic E-state index is 10.6. The molecule has 0 radical (unpaired) electrons. The van der Waals surface area contributed by atoms with Gasteiger partial charge in [-0.05, 0) is 45.1 Å². The van der Waals surface area contributed by atoms with Crippen molar-refractivity contribution in [1.29, 1.82) is 0 Å². The molecule has 0 saturated carbocycles. The van der Waals surface area contributed by atoms with Gasteiger partial charge in [0.1, 0.15) is 23.7 Å². The second-order valence-corrected chi connectivity index (χ2v) is 7.28. The Morgan fingerprint density at radius 1 is 1.13 bits per heavy atom. The van der Waals surface area contributed by atoms with Crippen molar-refractivity contribution in [3.63, 3.8) is 0 Å². The van der Waals surface area contributed by atoms with Crippen molar-refractivity contribution in [2.45, 2.75) is 39.8 Å². The normalized spacial score (nSPS) is 13.4. The average molecular weight is 544 g/mol. The number of rotatable bonds is 12. The molecule has 3 N–H and O–H groups in total. The monoisotopic (exact) mass is 544 g/mol. The number of para-hydroxylation sites is 1. The summed E-state index contributed by atoms with van der Waals surface area (Å²) >= 11 is 0. The number of nitrogens with zero attached hydrogens (tertiary/aromatic N) is 2. The highest BCUT2D eigenvalue weighted by Gasteiger charge is 2.26. The van der Waals surface area contributed by atoms with Gasteiger partial charge in [-0.25, -0.2) is 4.99 Å². The molecule has 0 amide bonds. The van der Waals surface area contributed by atoms with Gasteiger partial charge in [-0.1, -0.05) is 32.0 Å². The topological polar surface area (TPSA) is 82.3 Å². The molecule has 0 bridgehead atoms. The minimum atomic E-state index is -1.13. The lowest BCUT2D eigenvalue weighted by Gasteiger charge is -2.22. The largest absolute Gasteiger partial charge is 0.492 e. The summed E-state index contributed by atoms with van der Waals surface area (Å²) in [5.74, 6) is 1.99. The minimum Gasteiger partial charge on any atom is -0.492 e. The van der Waals surface area contributed by atoms with Crippen LogP contribution in [0.4, 0.5) is 0 Å². The van der Waals surface area contributed by atoms with Crippen LogP contribution in [0.1, 0.15) is 39.0 Å². The number of benzene rings is 1. The van der Waals surface area contributed by atoms with Gasteiger partial charge in [0.25, 0.3) is 0 Å². The molecule has 1 unspecified atom stereocenters. The molecule has 7 nitrogen and oxygen atoms in total. The van der Waals surface area contributed by atoms with E-state index in [1.165, 1.54) is 0 Å². The van der Waals surface area contributed by atoms with Gasteiger partial charge >= 0.3 is 0 Å². The molecule has 1 heterocycles. The van der Waals surface area contributed by atoms with Gasteiger partial charge in [0.15, 0.2) is 5.96 Å². The molecular weight excluding hydrogens is 507 g/mol. The number of hydrogen-bond acceptors (Lipinski definition) is 5. The summed E-state index contributed by atoms with van der Waals surface area (Å²) in [6.45, 7) is 13.1. The summed E-state index contributed by atoms with van der Waals surface area (Å²) in [5.41, 5.74) is -0.113. The van der Waals surface area contributed by atoms with E-state index in [9.17, 15) is 5.11 Å². The van der Waals surface area contributed by atoms with Gasteiger partial charge in [-0.2, -0.15) is 0 Å². The molecule has 0 saturated heterocycles. The summed E-state index contributed by atoms with van der Waals surface area (Å²) in [7, 11) is 0. The smallest absolute Gasteiger partial charge is 0.191 e. The van der Waals surface area contributed by atoms with Crippen molar-refractivity contribution in [2.75, 3.05) is 39.3 Å². The molecular formula is C23H37IN4O3. The molecule has 31 heavy (non-hydrogen) atoms. The number of aliphatic hydroxyl groups is 1. The van der Waals surface area contributed by atoms with Crippen LogP contribution in [0.5, 0.6) is 5.75 Å². The predicted octanol–water partition coefficient (Wildman–Crippen LogP) is 3.58. The van der Waals surface area contributed by atoms with E-state index in [4.69, 9.17) is 9.15 Å². The van der Waals surface area contributed by atoms with Crippen molar-refractivity contribution in [3.8, 4) is 5.75 Å². The van der Waals surface area contributed by atoms with Gasteiger partial charge in [-0.15, -0.1) is 24.0 Å². The third kappa shape index (κ3) is 9.08. The Morgan fingerprint density at radius 3 is 2.52 bits per heavy atom. The molecule has 1 aromatic carbocycles. The molecule has 174 valence electrons. The molecule has 1 aromatic heterocycles. The second-order valence-electron chi connectivity index (χ2n) is 7.28. The molecule has 1 atom stereocenters. The van der Waals surface area contributed by atoms with Crippen molar-refractivity contribution in [3.05, 3.63) is 54.0 Å². The summed E-state index contributed by atoms with van der Waals surface area (Å²) in [4.78, 5) is 7.00. The molecule has 0 spiro atoms. The lowest BCUT2D eigenvalue weighted by Crippen LogP contribution is -2.44. The van der Waals surface area contributed by atoms with Crippen molar-refractivity contribution >= 4 is 29.9 Å². The maximum atomic E-state index is 10.6. The number of guanidine groups is 1. The quantitative estimate of drug-likeness (QED) is 0.215. The van der Waals surface area contributed by atoms with Gasteiger partial charge in [-0.3, -0.25) is 0 Å². The van der Waals surface area contributed by atoms with Crippen LogP contribution in [0.15, 0.2) is 52.1 Å². The molecule has 2 rings (SSSR count). The highest BCUT2D eigenvalue weighted by atomic mass is 127. The van der Waals surface area contributed by atoms with E-state index in [0.717, 1.165) is 37.5 Å². The Morgan fingerprint density at radius 2 is 1.87 bits per heavy atom. The average Bonchev–Trinajstić information content (AvgIpc) is 3.30. The molecule has 0 aliphatic heterocycles. The van der Waals surface area contributed by atoms with Crippen molar-refractivity contribution in [2.24, 2.45) is 4.99 Å². The van der Waals surface area contributed by atoms with Crippen molar-refractivity contribution in [1.82, 2.24) is 15.5 Å². The summed E-state index contributed by atoms with van der Waals surface area (Å²) in [6.07, 6.45) is 1.56. The first-order chi connectivity index (χ1) is 14.5. The first-order valence-corrected chi connectivity index (χ1v) is 10.7. The van der Waals surface area contributed by atoms with Gasteiger partial charge < -0.3 is 29.8 Å². The van der Waals surface area contributed by atoms with Gasteiger partial charge in [0.05, 0.1) is 19.4 Å². The van der Waals surface area contributed by atoms with E-state index in [0.29, 0.717) is 24.9 Å². The third-order valence-electron chi connectivity index (χ3n) is 4.94. The summed E-state index contributed by atoms with van der Waals surface area (Å²) in [5, 5.41) is 17.0. The van der Waals surface area contributed by atoms with E-state index in [1.807, 2.05) is 31.2 Å². The molecule has 0 aliphatic carbocycles. The predicted molar refractivity (Wildman–Crippen MR) is 136 cm³/mol. The van der Waals surface area contributed by atoms with Crippen molar-refractivity contribution < 1.29 is 14.3 Å². The van der Waals surface area contributed by atoms with Crippen LogP contribution in [0.3, 0.4) is 0 Å². The maximum Gasteiger partial charge on any atom is 0.191 e. The first-order valence-electron chi connectivity index (χ1n) is 10.7. The Bertz CT molecular complexity index is 762. The Labute approximate surface area is 203 Å². The zero-order chi connectivity index (χ0) is 21.8. The fraction of sp³-hybridized carbons (Fsp3) is 0.522. The van der Waals surface area contributed by atoms with Crippen LogP contribution in [0.2, 0.25) is 0 Å². The highest BCUT2D eigenvalue weighted by molar-refractivity contribution is 14.0. The van der Waals surface area contributed by atoms with Crippen LogP contribution in [0.25, 0.3) is 0 Å². The summed E-state index contributed by atoms with van der Waals surface area (Å²) in [6, 6.07) is 11.5. The molecule has 0 fully saturated rings.